The van der Waals surface area contributed by atoms with Crippen molar-refractivity contribution in [2.75, 3.05) is 6.54 Å². The molecule has 23 heavy (non-hydrogen) atoms. The number of fused-ring (bicyclic) bond motifs is 1. The first-order chi connectivity index (χ1) is 10.8. The lowest BCUT2D eigenvalue weighted by molar-refractivity contribution is 0.0179. The number of ether oxygens (including phenoxy) is 1. The maximum Gasteiger partial charge on any atom is 0.411 e. The molecule has 2 aromatic rings. The highest BCUT2D eigenvalue weighted by Crippen LogP contribution is 2.38. The van der Waals surface area contributed by atoms with E-state index >= 15 is 0 Å². The summed E-state index contributed by atoms with van der Waals surface area (Å²) in [5.74, 6) is -0.297. The highest BCUT2D eigenvalue weighted by Gasteiger charge is 2.35. The molecule has 3 nitrogen and oxygen atoms in total. The van der Waals surface area contributed by atoms with E-state index in [0.717, 1.165) is 17.5 Å². The van der Waals surface area contributed by atoms with Gasteiger partial charge in [0.25, 0.3) is 0 Å². The van der Waals surface area contributed by atoms with E-state index in [4.69, 9.17) is 4.74 Å². The summed E-state index contributed by atoms with van der Waals surface area (Å²) >= 11 is 1.68. The van der Waals surface area contributed by atoms with Crippen molar-refractivity contribution in [3.05, 3.63) is 57.5 Å². The Morgan fingerprint density at radius 2 is 2.13 bits per heavy atom. The molecule has 0 radical (unpaired) electrons. The average molecular weight is 333 g/mol. The number of thiophene rings is 1. The Bertz CT molecular complexity index is 720. The molecular formula is C18H20FNO2S. The van der Waals surface area contributed by atoms with Crippen LogP contribution in [0.3, 0.4) is 0 Å². The van der Waals surface area contributed by atoms with Crippen molar-refractivity contribution < 1.29 is 13.9 Å². The fraction of sp³-hybridized carbons (Fsp3) is 0.389. The number of hydrogen-bond acceptors (Lipinski definition) is 3. The maximum atomic E-state index is 13.7. The van der Waals surface area contributed by atoms with Gasteiger partial charge >= 0.3 is 6.09 Å². The predicted molar refractivity (Wildman–Crippen MR) is 89.2 cm³/mol. The quantitative estimate of drug-likeness (QED) is 0.752. The minimum atomic E-state index is -0.557. The molecule has 0 saturated heterocycles. The maximum absolute atomic E-state index is 13.7. The van der Waals surface area contributed by atoms with Crippen molar-refractivity contribution in [1.29, 1.82) is 0 Å². The van der Waals surface area contributed by atoms with E-state index in [0.29, 0.717) is 6.54 Å². The van der Waals surface area contributed by atoms with E-state index in [9.17, 15) is 9.18 Å². The molecule has 1 aromatic carbocycles. The van der Waals surface area contributed by atoms with Crippen LogP contribution in [0.2, 0.25) is 0 Å². The number of halogens is 1. The molecule has 1 aliphatic heterocycles. The lowest BCUT2D eigenvalue weighted by atomic mass is 9.93. The third kappa shape index (κ3) is 3.39. The average Bonchev–Trinajstić information content (AvgIpc) is 2.92. The van der Waals surface area contributed by atoms with Crippen molar-refractivity contribution in [3.8, 4) is 0 Å². The van der Waals surface area contributed by atoms with Crippen molar-refractivity contribution in [1.82, 2.24) is 4.90 Å². The minimum Gasteiger partial charge on any atom is -0.444 e. The zero-order chi connectivity index (χ0) is 16.6. The van der Waals surface area contributed by atoms with Gasteiger partial charge in [0.15, 0.2) is 0 Å². The Kier molecular flexibility index (Phi) is 4.15. The Hall–Kier alpha value is -1.88. The summed E-state index contributed by atoms with van der Waals surface area (Å²) in [6.07, 6.45) is 0.446. The van der Waals surface area contributed by atoms with E-state index in [1.54, 1.807) is 22.3 Å². The number of rotatable bonds is 1. The Labute approximate surface area is 139 Å². The van der Waals surface area contributed by atoms with Crippen LogP contribution in [0.4, 0.5) is 9.18 Å². The van der Waals surface area contributed by atoms with Crippen molar-refractivity contribution >= 4 is 17.4 Å². The molecule has 3 rings (SSSR count). The molecule has 0 bridgehead atoms. The van der Waals surface area contributed by atoms with Crippen LogP contribution in [0.15, 0.2) is 35.7 Å². The van der Waals surface area contributed by atoms with Gasteiger partial charge < -0.3 is 4.74 Å². The number of carbonyl (C=O) groups excluding carboxylic acids is 1. The number of carbonyl (C=O) groups is 1. The van der Waals surface area contributed by atoms with Crippen LogP contribution >= 0.6 is 11.3 Å². The molecule has 0 saturated carbocycles. The zero-order valence-corrected chi connectivity index (χ0v) is 14.3. The summed E-state index contributed by atoms with van der Waals surface area (Å²) in [6.45, 7) is 6.12. The highest BCUT2D eigenvalue weighted by atomic mass is 32.1. The standard InChI is InChI=1S/C18H20FNO2S/c1-18(2,3)22-17(21)20-9-7-15-14(8-10-23-15)16(20)12-5-4-6-13(19)11-12/h4-6,8,10-11,16H,7,9H2,1-3H3. The molecule has 0 N–H and O–H groups in total. The lowest BCUT2D eigenvalue weighted by Gasteiger charge is -2.37. The highest BCUT2D eigenvalue weighted by molar-refractivity contribution is 7.10. The van der Waals surface area contributed by atoms with Gasteiger partial charge in [0.2, 0.25) is 0 Å². The van der Waals surface area contributed by atoms with Crippen LogP contribution in [-0.4, -0.2) is 23.1 Å². The van der Waals surface area contributed by atoms with E-state index in [1.807, 2.05) is 38.3 Å². The van der Waals surface area contributed by atoms with E-state index < -0.39 is 5.60 Å². The second kappa shape index (κ2) is 5.96. The van der Waals surface area contributed by atoms with Gasteiger partial charge in [0.05, 0.1) is 6.04 Å². The topological polar surface area (TPSA) is 29.5 Å². The van der Waals surface area contributed by atoms with Gasteiger partial charge in [-0.3, -0.25) is 4.90 Å². The predicted octanol–water partition coefficient (Wildman–Crippen LogP) is 4.77. The smallest absolute Gasteiger partial charge is 0.411 e. The van der Waals surface area contributed by atoms with Crippen molar-refractivity contribution in [3.63, 3.8) is 0 Å². The molecule has 1 aromatic heterocycles. The monoisotopic (exact) mass is 333 g/mol. The van der Waals surface area contributed by atoms with Crippen molar-refractivity contribution in [2.24, 2.45) is 0 Å². The third-order valence-electron chi connectivity index (χ3n) is 3.76. The van der Waals surface area contributed by atoms with Crippen LogP contribution in [0, 0.1) is 5.82 Å². The first kappa shape index (κ1) is 16.0. The van der Waals surface area contributed by atoms with Gasteiger partial charge in [-0.05, 0) is 61.9 Å². The molecule has 2 heterocycles. The summed E-state index contributed by atoms with van der Waals surface area (Å²) in [4.78, 5) is 15.6. The molecule has 1 aliphatic rings. The molecule has 0 aliphatic carbocycles. The summed E-state index contributed by atoms with van der Waals surface area (Å²) in [7, 11) is 0. The molecule has 1 unspecified atom stereocenters. The van der Waals surface area contributed by atoms with Gasteiger partial charge in [0, 0.05) is 11.4 Å². The normalized spacial score (nSPS) is 17.7. The fourth-order valence-corrected chi connectivity index (χ4v) is 3.77. The van der Waals surface area contributed by atoms with Gasteiger partial charge in [-0.25, -0.2) is 9.18 Å². The van der Waals surface area contributed by atoms with Crippen LogP contribution in [0.25, 0.3) is 0 Å². The second-order valence-electron chi connectivity index (χ2n) is 6.68. The second-order valence-corrected chi connectivity index (χ2v) is 7.68. The molecule has 1 amide bonds. The molecule has 1 atom stereocenters. The van der Waals surface area contributed by atoms with Crippen LogP contribution in [0.5, 0.6) is 0 Å². The first-order valence-electron chi connectivity index (χ1n) is 7.66. The molecule has 5 heteroatoms. The van der Waals surface area contributed by atoms with E-state index in [2.05, 4.69) is 0 Å². The number of benzene rings is 1. The minimum absolute atomic E-state index is 0.296. The van der Waals surface area contributed by atoms with Crippen molar-refractivity contribution in [2.45, 2.75) is 38.8 Å². The van der Waals surface area contributed by atoms with Crippen LogP contribution < -0.4 is 0 Å². The van der Waals surface area contributed by atoms with Gasteiger partial charge in [-0.15, -0.1) is 11.3 Å². The van der Waals surface area contributed by atoms with Crippen LogP contribution in [-0.2, 0) is 11.2 Å². The van der Waals surface area contributed by atoms with Gasteiger partial charge in [0.1, 0.15) is 11.4 Å². The SMILES string of the molecule is CC(C)(C)OC(=O)N1CCc2sccc2C1c1cccc(F)c1. The molecule has 0 spiro atoms. The molecular weight excluding hydrogens is 313 g/mol. The molecule has 122 valence electrons. The molecule has 0 fully saturated rings. The Morgan fingerprint density at radius 1 is 1.35 bits per heavy atom. The Morgan fingerprint density at radius 3 is 2.83 bits per heavy atom. The Balaban J connectivity index is 2.00. The van der Waals surface area contributed by atoms with Gasteiger partial charge in [-0.1, -0.05) is 12.1 Å². The summed E-state index contributed by atoms with van der Waals surface area (Å²) in [5.41, 5.74) is 1.28. The van der Waals surface area contributed by atoms with Gasteiger partial charge in [-0.2, -0.15) is 0 Å². The number of amides is 1. The lowest BCUT2D eigenvalue weighted by Crippen LogP contribution is -2.43. The first-order valence-corrected chi connectivity index (χ1v) is 8.54. The summed E-state index contributed by atoms with van der Waals surface area (Å²) < 4.78 is 19.2. The number of nitrogens with zero attached hydrogens (tertiary/aromatic N) is 1. The zero-order valence-electron chi connectivity index (χ0n) is 13.5. The van der Waals surface area contributed by atoms with E-state index in [-0.39, 0.29) is 18.0 Å². The van der Waals surface area contributed by atoms with E-state index in [1.165, 1.54) is 17.0 Å². The summed E-state index contributed by atoms with van der Waals surface area (Å²) in [6, 6.07) is 8.17. The fourth-order valence-electron chi connectivity index (χ4n) is 2.87. The summed E-state index contributed by atoms with van der Waals surface area (Å²) in [5, 5.41) is 2.02. The third-order valence-corrected chi connectivity index (χ3v) is 4.75. The van der Waals surface area contributed by atoms with Crippen LogP contribution in [0.1, 0.15) is 42.8 Å². The number of hydrogen-bond donors (Lipinski definition) is 0. The largest absolute Gasteiger partial charge is 0.444 e.